The highest BCUT2D eigenvalue weighted by Gasteiger charge is 2.27. The van der Waals surface area contributed by atoms with Crippen molar-refractivity contribution in [1.29, 1.82) is 0 Å². The van der Waals surface area contributed by atoms with Crippen LogP contribution < -0.4 is 4.74 Å². The SMILES string of the molecule is CCC(C)(C)c1ccc(OCC(O)CN2CCN(C(c3ccccc3)c3ccccc3)CC2)cc1. The Labute approximate surface area is 211 Å². The first kappa shape index (κ1) is 25.4. The van der Waals surface area contributed by atoms with Gasteiger partial charge in [-0.15, -0.1) is 0 Å². The second kappa shape index (κ2) is 11.9. The number of rotatable bonds is 10. The lowest BCUT2D eigenvalue weighted by Crippen LogP contribution is -2.50. The van der Waals surface area contributed by atoms with Gasteiger partial charge in [-0.05, 0) is 40.7 Å². The van der Waals surface area contributed by atoms with Gasteiger partial charge >= 0.3 is 0 Å². The van der Waals surface area contributed by atoms with Gasteiger partial charge in [0.2, 0.25) is 0 Å². The lowest BCUT2D eigenvalue weighted by Gasteiger charge is -2.40. The molecular formula is C31H40N2O2. The smallest absolute Gasteiger partial charge is 0.119 e. The maximum atomic E-state index is 10.6. The van der Waals surface area contributed by atoms with E-state index in [0.717, 1.165) is 38.3 Å². The van der Waals surface area contributed by atoms with Crippen LogP contribution in [0.5, 0.6) is 5.75 Å². The number of nitrogens with zero attached hydrogens (tertiary/aromatic N) is 2. The number of hydrogen-bond acceptors (Lipinski definition) is 4. The largest absolute Gasteiger partial charge is 0.491 e. The summed E-state index contributed by atoms with van der Waals surface area (Å²) in [5.74, 6) is 0.818. The van der Waals surface area contributed by atoms with E-state index in [-0.39, 0.29) is 11.5 Å². The summed E-state index contributed by atoms with van der Waals surface area (Å²) < 4.78 is 5.90. The fourth-order valence-corrected chi connectivity index (χ4v) is 4.84. The Hall–Kier alpha value is -2.66. The van der Waals surface area contributed by atoms with Crippen molar-refractivity contribution in [2.24, 2.45) is 0 Å². The first-order valence-electron chi connectivity index (χ1n) is 12.9. The lowest BCUT2D eigenvalue weighted by atomic mass is 9.82. The molecule has 1 heterocycles. The van der Waals surface area contributed by atoms with E-state index in [1.807, 2.05) is 12.1 Å². The minimum absolute atomic E-state index is 0.167. The summed E-state index contributed by atoms with van der Waals surface area (Å²) in [5, 5.41) is 10.6. The standard InChI is InChI=1S/C31H40N2O2/c1-4-31(2,3)27-15-17-29(18-16-27)35-24-28(34)23-32-19-21-33(22-20-32)30(25-11-7-5-8-12-25)26-13-9-6-10-14-26/h5-18,28,30,34H,4,19-24H2,1-3H3. The van der Waals surface area contributed by atoms with Crippen LogP contribution in [0.2, 0.25) is 0 Å². The third kappa shape index (κ3) is 6.72. The second-order valence-corrected chi connectivity index (χ2v) is 10.3. The van der Waals surface area contributed by atoms with Crippen molar-refractivity contribution in [3.63, 3.8) is 0 Å². The van der Waals surface area contributed by atoms with E-state index in [2.05, 4.69) is 103 Å². The molecule has 1 fully saturated rings. The van der Waals surface area contributed by atoms with Gasteiger partial charge in [0.25, 0.3) is 0 Å². The highest BCUT2D eigenvalue weighted by molar-refractivity contribution is 5.32. The predicted octanol–water partition coefficient (Wildman–Crippen LogP) is 5.52. The van der Waals surface area contributed by atoms with E-state index in [4.69, 9.17) is 4.74 Å². The summed E-state index contributed by atoms with van der Waals surface area (Å²) in [5.41, 5.74) is 4.14. The molecule has 3 aromatic carbocycles. The highest BCUT2D eigenvalue weighted by atomic mass is 16.5. The molecule has 0 radical (unpaired) electrons. The van der Waals surface area contributed by atoms with Crippen molar-refractivity contribution >= 4 is 0 Å². The van der Waals surface area contributed by atoms with Gasteiger partial charge in [0.05, 0.1) is 6.04 Å². The van der Waals surface area contributed by atoms with E-state index in [1.165, 1.54) is 16.7 Å². The molecule has 186 valence electrons. The summed E-state index contributed by atoms with van der Waals surface area (Å²) >= 11 is 0. The Balaban J connectivity index is 1.28. The maximum Gasteiger partial charge on any atom is 0.119 e. The molecule has 0 amide bonds. The van der Waals surface area contributed by atoms with Crippen LogP contribution >= 0.6 is 0 Å². The highest BCUT2D eigenvalue weighted by Crippen LogP contribution is 2.30. The van der Waals surface area contributed by atoms with Crippen LogP contribution in [0.4, 0.5) is 0 Å². The quantitative estimate of drug-likeness (QED) is 0.421. The summed E-state index contributed by atoms with van der Waals surface area (Å²) in [6.07, 6.45) is 0.587. The monoisotopic (exact) mass is 472 g/mol. The van der Waals surface area contributed by atoms with Gasteiger partial charge < -0.3 is 9.84 Å². The minimum atomic E-state index is -0.507. The van der Waals surface area contributed by atoms with Crippen LogP contribution in [0.15, 0.2) is 84.9 Å². The van der Waals surface area contributed by atoms with E-state index in [1.54, 1.807) is 0 Å². The molecule has 1 aliphatic rings. The van der Waals surface area contributed by atoms with Gasteiger partial charge in [0, 0.05) is 32.7 Å². The minimum Gasteiger partial charge on any atom is -0.491 e. The number of hydrogen-bond donors (Lipinski definition) is 1. The molecule has 1 saturated heterocycles. The Morgan fingerprint density at radius 1 is 0.800 bits per heavy atom. The zero-order valence-corrected chi connectivity index (χ0v) is 21.4. The topological polar surface area (TPSA) is 35.9 Å². The molecule has 3 aromatic rings. The number of aliphatic hydroxyl groups excluding tert-OH is 1. The third-order valence-electron chi connectivity index (χ3n) is 7.43. The molecule has 35 heavy (non-hydrogen) atoms. The van der Waals surface area contributed by atoms with Crippen molar-refractivity contribution < 1.29 is 9.84 Å². The average molecular weight is 473 g/mol. The van der Waals surface area contributed by atoms with Crippen molar-refractivity contribution in [1.82, 2.24) is 9.80 Å². The van der Waals surface area contributed by atoms with Crippen molar-refractivity contribution in [3.05, 3.63) is 102 Å². The molecule has 0 aliphatic carbocycles. The van der Waals surface area contributed by atoms with Gasteiger partial charge in [0.1, 0.15) is 18.5 Å². The number of ether oxygens (including phenoxy) is 1. The number of piperazine rings is 1. The van der Waals surface area contributed by atoms with E-state index >= 15 is 0 Å². The summed E-state index contributed by atoms with van der Waals surface area (Å²) in [4.78, 5) is 4.91. The Morgan fingerprint density at radius 3 is 1.86 bits per heavy atom. The van der Waals surface area contributed by atoms with Crippen molar-refractivity contribution in [3.8, 4) is 5.75 Å². The maximum absolute atomic E-state index is 10.6. The Kier molecular flexibility index (Phi) is 8.61. The first-order chi connectivity index (χ1) is 17.0. The third-order valence-corrected chi connectivity index (χ3v) is 7.43. The molecule has 0 bridgehead atoms. The van der Waals surface area contributed by atoms with Crippen molar-refractivity contribution in [2.45, 2.75) is 44.8 Å². The molecule has 1 unspecified atom stereocenters. The first-order valence-corrected chi connectivity index (χ1v) is 12.9. The summed E-state index contributed by atoms with van der Waals surface area (Å²) in [6, 6.07) is 30.1. The van der Waals surface area contributed by atoms with Gasteiger partial charge in [-0.2, -0.15) is 0 Å². The molecule has 4 nitrogen and oxygen atoms in total. The Morgan fingerprint density at radius 2 is 1.34 bits per heavy atom. The zero-order valence-electron chi connectivity index (χ0n) is 21.4. The van der Waals surface area contributed by atoms with Crippen molar-refractivity contribution in [2.75, 3.05) is 39.3 Å². The van der Waals surface area contributed by atoms with E-state index in [9.17, 15) is 5.11 Å². The lowest BCUT2D eigenvalue weighted by molar-refractivity contribution is 0.0401. The van der Waals surface area contributed by atoms with Gasteiger partial charge in [-0.25, -0.2) is 0 Å². The fraction of sp³-hybridized carbons (Fsp3) is 0.419. The molecule has 0 aromatic heterocycles. The van der Waals surface area contributed by atoms with Gasteiger partial charge in [-0.3, -0.25) is 9.80 Å². The Bertz CT molecular complexity index is 973. The van der Waals surface area contributed by atoms with Gasteiger partial charge in [0.15, 0.2) is 0 Å². The normalized spacial score (nSPS) is 16.4. The van der Waals surface area contributed by atoms with Crippen LogP contribution in [0, 0.1) is 0 Å². The van der Waals surface area contributed by atoms with Crippen LogP contribution in [-0.2, 0) is 5.41 Å². The molecule has 0 saturated carbocycles. The van der Waals surface area contributed by atoms with E-state index < -0.39 is 6.10 Å². The van der Waals surface area contributed by atoms with Crippen LogP contribution in [0.1, 0.15) is 49.9 Å². The zero-order chi connectivity index (χ0) is 24.7. The van der Waals surface area contributed by atoms with Gasteiger partial charge in [-0.1, -0.05) is 93.6 Å². The number of β-amino-alcohol motifs (C(OH)–C–C–N with tert-alkyl or cyclic N) is 1. The van der Waals surface area contributed by atoms with E-state index in [0.29, 0.717) is 13.2 Å². The van der Waals surface area contributed by atoms with Crippen LogP contribution in [0.3, 0.4) is 0 Å². The molecule has 1 N–H and O–H groups in total. The molecule has 1 aliphatic heterocycles. The number of aliphatic hydroxyl groups is 1. The second-order valence-electron chi connectivity index (χ2n) is 10.3. The number of benzene rings is 3. The summed E-state index contributed by atoms with van der Waals surface area (Å²) in [6.45, 7) is 11.5. The van der Waals surface area contributed by atoms with Crippen LogP contribution in [-0.4, -0.2) is 60.3 Å². The predicted molar refractivity (Wildman–Crippen MR) is 144 cm³/mol. The molecule has 1 atom stereocenters. The average Bonchev–Trinajstić information content (AvgIpc) is 2.90. The summed E-state index contributed by atoms with van der Waals surface area (Å²) in [7, 11) is 0. The fourth-order valence-electron chi connectivity index (χ4n) is 4.84. The van der Waals surface area contributed by atoms with Crippen LogP contribution in [0.25, 0.3) is 0 Å². The molecule has 0 spiro atoms. The molecule has 4 heteroatoms. The molecule has 4 rings (SSSR count). The molecular weight excluding hydrogens is 432 g/mol.